The topological polar surface area (TPSA) is 91.4 Å². The van der Waals surface area contributed by atoms with Crippen molar-refractivity contribution in [2.75, 3.05) is 12.0 Å². The van der Waals surface area contributed by atoms with Crippen LogP contribution in [0.4, 0.5) is 10.6 Å². The van der Waals surface area contributed by atoms with Crippen molar-refractivity contribution >= 4 is 23.7 Å². The number of allylic oxidation sites excluding steroid dienone is 2. The summed E-state index contributed by atoms with van der Waals surface area (Å²) in [7, 11) is 0. The number of carbonyl (C=O) groups excluding carboxylic acids is 3. The first-order valence-corrected chi connectivity index (χ1v) is 8.14. The van der Waals surface area contributed by atoms with E-state index >= 15 is 0 Å². The van der Waals surface area contributed by atoms with Crippen molar-refractivity contribution in [2.24, 2.45) is 23.7 Å². The van der Waals surface area contributed by atoms with Crippen LogP contribution in [-0.2, 0) is 9.59 Å². The Bertz CT molecular complexity index is 686. The molecule has 2 fully saturated rings. The number of hydrogen-bond donors (Lipinski definition) is 2. The van der Waals surface area contributed by atoms with Crippen molar-refractivity contribution < 1.29 is 14.4 Å². The maximum atomic E-state index is 12.6. The summed E-state index contributed by atoms with van der Waals surface area (Å²) < 4.78 is 0. The quantitative estimate of drug-likeness (QED) is 0.648. The number of fused-ring (bicyclic) bond motifs is 1. The molecular formula is C17H18N4O3. The van der Waals surface area contributed by atoms with E-state index in [0.29, 0.717) is 5.82 Å². The van der Waals surface area contributed by atoms with Gasteiger partial charge in [-0.1, -0.05) is 18.2 Å². The maximum absolute atomic E-state index is 12.6. The van der Waals surface area contributed by atoms with E-state index in [1.54, 1.807) is 24.4 Å². The molecule has 4 amide bonds. The average molecular weight is 326 g/mol. The van der Waals surface area contributed by atoms with Gasteiger partial charge >= 0.3 is 6.03 Å². The summed E-state index contributed by atoms with van der Waals surface area (Å²) in [6.07, 6.45) is 7.64. The van der Waals surface area contributed by atoms with Gasteiger partial charge in [0, 0.05) is 6.20 Å². The lowest BCUT2D eigenvalue weighted by molar-refractivity contribution is -0.140. The Hall–Kier alpha value is -2.70. The summed E-state index contributed by atoms with van der Waals surface area (Å²) in [5.41, 5.74) is 0. The molecule has 4 atom stereocenters. The van der Waals surface area contributed by atoms with Crippen molar-refractivity contribution in [3.05, 3.63) is 36.5 Å². The number of likely N-dealkylation sites (tertiary alicyclic amines) is 1. The summed E-state index contributed by atoms with van der Waals surface area (Å²) in [5, 5.41) is 5.13. The Morgan fingerprint density at radius 3 is 2.33 bits per heavy atom. The zero-order valence-electron chi connectivity index (χ0n) is 13.0. The molecule has 0 radical (unpaired) electrons. The zero-order chi connectivity index (χ0) is 16.7. The number of anilines is 1. The number of nitrogens with zero attached hydrogens (tertiary/aromatic N) is 2. The molecule has 2 N–H and O–H groups in total. The summed E-state index contributed by atoms with van der Waals surface area (Å²) in [6, 6.07) is 4.66. The van der Waals surface area contributed by atoms with E-state index in [2.05, 4.69) is 27.8 Å². The van der Waals surface area contributed by atoms with E-state index in [4.69, 9.17) is 0 Å². The third-order valence-corrected chi connectivity index (χ3v) is 5.15. The smallest absolute Gasteiger partial charge is 0.320 e. The molecule has 1 aromatic heterocycles. The summed E-state index contributed by atoms with van der Waals surface area (Å²) in [4.78, 5) is 42.3. The third kappa shape index (κ3) is 2.36. The second-order valence-electron chi connectivity index (χ2n) is 6.45. The van der Waals surface area contributed by atoms with Crippen LogP contribution in [0.1, 0.15) is 12.8 Å². The van der Waals surface area contributed by atoms with Crippen molar-refractivity contribution in [3.63, 3.8) is 0 Å². The second-order valence-corrected chi connectivity index (χ2v) is 6.45. The lowest BCUT2D eigenvalue weighted by Gasteiger charge is -2.38. The highest BCUT2D eigenvalue weighted by Crippen LogP contribution is 2.49. The number of rotatable bonds is 3. The molecule has 0 aromatic carbocycles. The molecule has 5 rings (SSSR count). The van der Waals surface area contributed by atoms with Crippen LogP contribution < -0.4 is 10.6 Å². The highest BCUT2D eigenvalue weighted by molar-refractivity contribution is 6.06. The molecule has 4 aliphatic rings. The van der Waals surface area contributed by atoms with Crippen molar-refractivity contribution in [3.8, 4) is 0 Å². The highest BCUT2D eigenvalue weighted by Gasteiger charge is 2.56. The lowest BCUT2D eigenvalue weighted by Crippen LogP contribution is -2.43. The third-order valence-electron chi connectivity index (χ3n) is 5.15. The molecule has 2 bridgehead atoms. The Balaban J connectivity index is 1.40. The number of imide groups is 1. The van der Waals surface area contributed by atoms with Gasteiger partial charge in [0.2, 0.25) is 11.8 Å². The van der Waals surface area contributed by atoms with Crippen LogP contribution in [0.3, 0.4) is 0 Å². The molecule has 7 heteroatoms. The van der Waals surface area contributed by atoms with E-state index < -0.39 is 6.03 Å². The van der Waals surface area contributed by atoms with Crippen LogP contribution in [0, 0.1) is 23.7 Å². The first-order chi connectivity index (χ1) is 11.6. The molecule has 3 aliphatic carbocycles. The maximum Gasteiger partial charge on any atom is 0.321 e. The van der Waals surface area contributed by atoms with E-state index in [9.17, 15) is 14.4 Å². The van der Waals surface area contributed by atoms with Crippen molar-refractivity contribution in [1.29, 1.82) is 0 Å². The number of hydrogen-bond acceptors (Lipinski definition) is 4. The average Bonchev–Trinajstić information content (AvgIpc) is 2.88. The van der Waals surface area contributed by atoms with Crippen LogP contribution >= 0.6 is 0 Å². The van der Waals surface area contributed by atoms with E-state index in [1.165, 1.54) is 4.90 Å². The van der Waals surface area contributed by atoms with Gasteiger partial charge in [0.15, 0.2) is 0 Å². The fourth-order valence-corrected chi connectivity index (χ4v) is 4.04. The summed E-state index contributed by atoms with van der Waals surface area (Å²) in [5.74, 6) is -0.106. The normalized spacial score (nSPS) is 30.4. The van der Waals surface area contributed by atoms with Crippen LogP contribution in [0.5, 0.6) is 0 Å². The van der Waals surface area contributed by atoms with Gasteiger partial charge in [-0.2, -0.15) is 0 Å². The minimum Gasteiger partial charge on any atom is -0.320 e. The molecule has 1 aromatic rings. The fourth-order valence-electron chi connectivity index (χ4n) is 4.04. The molecule has 24 heavy (non-hydrogen) atoms. The Morgan fingerprint density at radius 2 is 1.79 bits per heavy atom. The second kappa shape index (κ2) is 5.74. The number of nitrogens with one attached hydrogen (secondary N) is 2. The Kier molecular flexibility index (Phi) is 3.55. The van der Waals surface area contributed by atoms with Crippen molar-refractivity contribution in [2.45, 2.75) is 12.8 Å². The number of urea groups is 1. The van der Waals surface area contributed by atoms with Gasteiger partial charge in [-0.15, -0.1) is 0 Å². The lowest BCUT2D eigenvalue weighted by atomic mass is 9.63. The molecule has 1 saturated heterocycles. The number of carbonyl (C=O) groups is 3. The predicted molar refractivity (Wildman–Crippen MR) is 85.4 cm³/mol. The van der Waals surface area contributed by atoms with Gasteiger partial charge in [-0.25, -0.2) is 9.78 Å². The van der Waals surface area contributed by atoms with Gasteiger partial charge in [0.25, 0.3) is 0 Å². The van der Waals surface area contributed by atoms with E-state index in [0.717, 1.165) is 12.8 Å². The molecule has 0 spiro atoms. The van der Waals surface area contributed by atoms with Gasteiger partial charge in [-0.05, 0) is 36.8 Å². The summed E-state index contributed by atoms with van der Waals surface area (Å²) in [6.45, 7) is -0.108. The fraction of sp³-hybridized carbons (Fsp3) is 0.412. The number of aromatic nitrogens is 1. The highest BCUT2D eigenvalue weighted by atomic mass is 16.2. The van der Waals surface area contributed by atoms with Crippen LogP contribution in [-0.4, -0.2) is 34.4 Å². The first kappa shape index (κ1) is 14.9. The monoisotopic (exact) mass is 326 g/mol. The minimum absolute atomic E-state index is 0.108. The zero-order valence-corrected chi connectivity index (χ0v) is 13.0. The SMILES string of the molecule is O=C(NCN1C(=O)C2C3C=CC(CC3)C2C1=O)Nc1ccccn1. The molecular weight excluding hydrogens is 308 g/mol. The molecule has 2 heterocycles. The van der Waals surface area contributed by atoms with Gasteiger partial charge < -0.3 is 5.32 Å². The van der Waals surface area contributed by atoms with Crippen molar-refractivity contribution in [1.82, 2.24) is 15.2 Å². The minimum atomic E-state index is -0.495. The Labute approximate surface area is 139 Å². The predicted octanol–water partition coefficient (Wildman–Crippen LogP) is 1.36. The van der Waals surface area contributed by atoms with Crippen LogP contribution in [0.25, 0.3) is 0 Å². The molecule has 1 aliphatic heterocycles. The van der Waals surface area contributed by atoms with Gasteiger partial charge in [-0.3, -0.25) is 19.8 Å². The first-order valence-electron chi connectivity index (χ1n) is 8.14. The number of pyridine rings is 1. The molecule has 1 saturated carbocycles. The van der Waals surface area contributed by atoms with Gasteiger partial charge in [0.1, 0.15) is 12.5 Å². The molecule has 124 valence electrons. The molecule has 7 nitrogen and oxygen atoms in total. The summed E-state index contributed by atoms with van der Waals surface area (Å²) >= 11 is 0. The largest absolute Gasteiger partial charge is 0.321 e. The standard InChI is InChI=1S/C17H18N4O3/c22-15-13-10-4-5-11(7-6-10)14(13)16(23)21(15)9-19-17(24)20-12-3-1-2-8-18-12/h1-5,8,10-11,13-14H,6-7,9H2,(H2,18,19,20,24). The molecule has 4 unspecified atom stereocenters. The number of amides is 4. The Morgan fingerprint density at radius 1 is 1.12 bits per heavy atom. The van der Waals surface area contributed by atoms with Crippen LogP contribution in [0.15, 0.2) is 36.5 Å². The van der Waals surface area contributed by atoms with Gasteiger partial charge in [0.05, 0.1) is 11.8 Å². The van der Waals surface area contributed by atoms with Crippen LogP contribution in [0.2, 0.25) is 0 Å². The van der Waals surface area contributed by atoms with E-state index in [-0.39, 0.29) is 42.2 Å². The van der Waals surface area contributed by atoms with E-state index in [1.807, 2.05) is 0 Å².